The van der Waals surface area contributed by atoms with E-state index in [1.165, 1.54) is 44.9 Å². The summed E-state index contributed by atoms with van der Waals surface area (Å²) in [5, 5.41) is 0. The highest BCUT2D eigenvalue weighted by Crippen LogP contribution is 2.66. The molecule has 2 heteroatoms. The van der Waals surface area contributed by atoms with Gasteiger partial charge in [0.25, 0.3) is 0 Å². The minimum Gasteiger partial charge on any atom is -0.463 e. The van der Waals surface area contributed by atoms with Crippen molar-refractivity contribution < 1.29 is 9.53 Å². The number of hydrogen-bond acceptors (Lipinski definition) is 2. The fourth-order valence-electron chi connectivity index (χ4n) is 8.93. The van der Waals surface area contributed by atoms with E-state index in [0.29, 0.717) is 16.7 Å². The van der Waals surface area contributed by atoms with E-state index in [1.807, 2.05) is 0 Å². The van der Waals surface area contributed by atoms with E-state index in [-0.39, 0.29) is 12.1 Å². The van der Waals surface area contributed by atoms with Gasteiger partial charge in [-0.25, -0.2) is 0 Å². The Balaban J connectivity index is 1.48. The molecule has 7 unspecified atom stereocenters. The van der Waals surface area contributed by atoms with Gasteiger partial charge in [0.05, 0.1) is 0 Å². The number of hydrogen-bond donors (Lipinski definition) is 0. The minimum absolute atomic E-state index is 0.102. The summed E-state index contributed by atoms with van der Waals surface area (Å²) in [5.74, 6) is 6.40. The molecule has 0 aliphatic heterocycles. The lowest BCUT2D eigenvalue weighted by Gasteiger charge is -2.59. The van der Waals surface area contributed by atoms with Gasteiger partial charge in [-0.15, -0.1) is 0 Å². The van der Waals surface area contributed by atoms with Crippen LogP contribution in [0.3, 0.4) is 0 Å². The predicted octanol–water partition coefficient (Wildman–Crippen LogP) is 8.06. The van der Waals surface area contributed by atoms with Crippen molar-refractivity contribution in [2.75, 3.05) is 0 Å². The summed E-state index contributed by atoms with van der Waals surface area (Å²) in [4.78, 5) is 11.5. The Hall–Kier alpha value is -0.790. The zero-order valence-electron chi connectivity index (χ0n) is 22.0. The van der Waals surface area contributed by atoms with Gasteiger partial charge in [0.15, 0.2) is 0 Å². The van der Waals surface area contributed by atoms with E-state index in [0.717, 1.165) is 54.3 Å². The third-order valence-corrected chi connectivity index (χ3v) is 11.4. The molecule has 182 valence electrons. The van der Waals surface area contributed by atoms with Crippen molar-refractivity contribution in [2.24, 2.45) is 58.2 Å². The summed E-state index contributed by atoms with van der Waals surface area (Å²) in [6.07, 6.45) is 17.3. The van der Waals surface area contributed by atoms with Crippen molar-refractivity contribution in [1.82, 2.24) is 0 Å². The third kappa shape index (κ3) is 4.22. The van der Waals surface area contributed by atoms with Crippen LogP contribution in [0.1, 0.15) is 106 Å². The van der Waals surface area contributed by atoms with E-state index in [9.17, 15) is 4.79 Å². The Morgan fingerprint density at radius 2 is 1.78 bits per heavy atom. The molecule has 4 aliphatic carbocycles. The predicted molar refractivity (Wildman–Crippen MR) is 133 cm³/mol. The number of carbonyl (C=O) groups excluding carboxylic acids is 1. The minimum atomic E-state index is -0.102. The average Bonchev–Trinajstić information content (AvgIpc) is 3.08. The fraction of sp³-hybridized carbons (Fsp3) is 0.900. The highest BCUT2D eigenvalue weighted by Gasteiger charge is 2.59. The normalized spacial score (nSPS) is 45.0. The molecular weight excluding hydrogens is 392 g/mol. The molecule has 4 aliphatic rings. The van der Waals surface area contributed by atoms with Gasteiger partial charge in [-0.3, -0.25) is 4.79 Å². The fourth-order valence-corrected chi connectivity index (χ4v) is 8.93. The van der Waals surface area contributed by atoms with Crippen LogP contribution in [0, 0.1) is 58.2 Å². The van der Waals surface area contributed by atoms with Gasteiger partial charge in [0.1, 0.15) is 6.10 Å². The standard InChI is InChI=1S/C30H50O2/c1-19(2)20(3)8-9-21(4)26-12-13-27-25-11-10-23-18-24(32-22(5)31)14-16-29(23,6)28(25)15-17-30(26,27)7/h15,17,19-21,23-28H,8-14,16,18H2,1-7H3/t20-,21+,23-,24?,25?,26?,27?,28?,29?,30?/m0/s1. The number of allylic oxidation sites excluding steroid dienone is 2. The van der Waals surface area contributed by atoms with Gasteiger partial charge in [0.2, 0.25) is 0 Å². The highest BCUT2D eigenvalue weighted by atomic mass is 16.5. The van der Waals surface area contributed by atoms with Crippen molar-refractivity contribution >= 4 is 5.97 Å². The first kappa shape index (κ1) is 24.3. The Labute approximate surface area is 198 Å². The summed E-state index contributed by atoms with van der Waals surface area (Å²) in [6.45, 7) is 16.5. The van der Waals surface area contributed by atoms with Crippen LogP contribution in [0.5, 0.6) is 0 Å². The smallest absolute Gasteiger partial charge is 0.302 e. The second-order valence-electron chi connectivity index (χ2n) is 13.3. The van der Waals surface area contributed by atoms with Crippen LogP contribution in [-0.4, -0.2) is 12.1 Å². The van der Waals surface area contributed by atoms with Gasteiger partial charge in [-0.2, -0.15) is 0 Å². The molecule has 0 saturated heterocycles. The van der Waals surface area contributed by atoms with E-state index in [4.69, 9.17) is 4.74 Å². The number of rotatable bonds is 6. The lowest BCUT2D eigenvalue weighted by molar-refractivity contribution is -0.154. The molecule has 2 nitrogen and oxygen atoms in total. The molecule has 0 aromatic heterocycles. The molecule has 3 saturated carbocycles. The third-order valence-electron chi connectivity index (χ3n) is 11.4. The first-order chi connectivity index (χ1) is 15.1. The number of fused-ring (bicyclic) bond motifs is 5. The highest BCUT2D eigenvalue weighted by molar-refractivity contribution is 5.66. The molecule has 0 heterocycles. The summed E-state index contributed by atoms with van der Waals surface area (Å²) in [6, 6.07) is 0. The molecule has 0 aromatic rings. The van der Waals surface area contributed by atoms with Crippen LogP contribution in [0.15, 0.2) is 12.2 Å². The molecule has 0 aromatic carbocycles. The van der Waals surface area contributed by atoms with Crippen molar-refractivity contribution in [3.05, 3.63) is 12.2 Å². The van der Waals surface area contributed by atoms with E-state index < -0.39 is 0 Å². The second kappa shape index (κ2) is 9.10. The van der Waals surface area contributed by atoms with E-state index >= 15 is 0 Å². The first-order valence-corrected chi connectivity index (χ1v) is 13.9. The van der Waals surface area contributed by atoms with Crippen molar-refractivity contribution in [1.29, 1.82) is 0 Å². The maximum absolute atomic E-state index is 11.5. The molecule has 0 N–H and O–H groups in total. The molecular formula is C30H50O2. The van der Waals surface area contributed by atoms with Crippen molar-refractivity contribution in [2.45, 2.75) is 112 Å². The van der Waals surface area contributed by atoms with Crippen molar-refractivity contribution in [3.8, 4) is 0 Å². The second-order valence-corrected chi connectivity index (χ2v) is 13.3. The van der Waals surface area contributed by atoms with Crippen LogP contribution in [0.25, 0.3) is 0 Å². The summed E-state index contributed by atoms with van der Waals surface area (Å²) in [5.41, 5.74) is 0.799. The Morgan fingerprint density at radius 1 is 1.03 bits per heavy atom. The van der Waals surface area contributed by atoms with Crippen molar-refractivity contribution in [3.63, 3.8) is 0 Å². The largest absolute Gasteiger partial charge is 0.463 e. The lowest BCUT2D eigenvalue weighted by atomic mass is 9.46. The average molecular weight is 443 g/mol. The van der Waals surface area contributed by atoms with Crippen LogP contribution in [0.4, 0.5) is 0 Å². The molecule has 0 spiro atoms. The Morgan fingerprint density at radius 3 is 2.47 bits per heavy atom. The number of ether oxygens (including phenoxy) is 1. The lowest BCUT2D eigenvalue weighted by Crippen LogP contribution is -2.52. The van der Waals surface area contributed by atoms with Gasteiger partial charge < -0.3 is 4.74 Å². The zero-order valence-corrected chi connectivity index (χ0v) is 22.0. The molecule has 4 rings (SSSR count). The van der Waals surface area contributed by atoms with E-state index in [2.05, 4.69) is 53.7 Å². The maximum Gasteiger partial charge on any atom is 0.302 e. The monoisotopic (exact) mass is 442 g/mol. The van der Waals surface area contributed by atoms with Gasteiger partial charge in [-0.05, 0) is 103 Å². The summed E-state index contributed by atoms with van der Waals surface area (Å²) >= 11 is 0. The van der Waals surface area contributed by atoms with Gasteiger partial charge >= 0.3 is 5.97 Å². The van der Waals surface area contributed by atoms with Gasteiger partial charge in [0, 0.05) is 6.92 Å². The molecule has 3 fully saturated rings. The van der Waals surface area contributed by atoms with Gasteiger partial charge in [-0.1, -0.05) is 66.5 Å². The zero-order chi connectivity index (χ0) is 23.3. The quantitative estimate of drug-likeness (QED) is 0.307. The van der Waals surface area contributed by atoms with Crippen LogP contribution < -0.4 is 0 Å². The first-order valence-electron chi connectivity index (χ1n) is 13.9. The molecule has 32 heavy (non-hydrogen) atoms. The van der Waals surface area contributed by atoms with Crippen LogP contribution in [-0.2, 0) is 9.53 Å². The summed E-state index contributed by atoms with van der Waals surface area (Å²) < 4.78 is 5.64. The molecule has 0 radical (unpaired) electrons. The van der Waals surface area contributed by atoms with E-state index in [1.54, 1.807) is 6.92 Å². The number of carbonyl (C=O) groups is 1. The maximum atomic E-state index is 11.5. The van der Waals surface area contributed by atoms with Crippen LogP contribution in [0.2, 0.25) is 0 Å². The topological polar surface area (TPSA) is 26.3 Å². The SMILES string of the molecule is CC(=O)OC1CCC2(C)C3C=CC4(C)C(CCC4[C@H](C)CC[C@H](C)C(C)C)C3CC[C@H]2C1. The summed E-state index contributed by atoms with van der Waals surface area (Å²) in [7, 11) is 0. The Bertz CT molecular complexity index is 710. The molecule has 10 atom stereocenters. The van der Waals surface area contributed by atoms with Crippen LogP contribution >= 0.6 is 0 Å². The molecule has 0 bridgehead atoms. The number of esters is 1. The Kier molecular flexibility index (Phi) is 6.92. The molecule has 0 amide bonds.